The van der Waals surface area contributed by atoms with Crippen LogP contribution in [0.5, 0.6) is 11.5 Å². The Kier molecular flexibility index (Phi) is 9.67. The van der Waals surface area contributed by atoms with Crippen molar-refractivity contribution in [1.29, 1.82) is 0 Å². The summed E-state index contributed by atoms with van der Waals surface area (Å²) in [5.74, 6) is 2.41. The van der Waals surface area contributed by atoms with Gasteiger partial charge in [0.25, 0.3) is 0 Å². The monoisotopic (exact) mass is 736 g/mol. The van der Waals surface area contributed by atoms with Gasteiger partial charge in [-0.3, -0.25) is 4.68 Å². The fourth-order valence-corrected chi connectivity index (χ4v) is 7.12. The summed E-state index contributed by atoms with van der Waals surface area (Å²) in [6.45, 7) is 17.5. The molecule has 49 heavy (non-hydrogen) atoms. The first-order valence-electron chi connectivity index (χ1n) is 17.0. The minimum absolute atomic E-state index is 0. The van der Waals surface area contributed by atoms with Crippen molar-refractivity contribution in [1.82, 2.24) is 19.3 Å². The standard InChI is InChI=1S/C43H42N4O.Pd/c1-9-37-43(42-29(7)19-28(6)20-30(42)8)38(10-2)47(45-37)32-22-31(26(3)4)23-34(24-32)48-33-15-16-36-35-13-11-12-14-39(35)46(40(36)25-33)41-21-27(5)17-18-44-41;/h11-23,26H,9-10H2,1-8H3;/q-2;+2. The maximum absolute atomic E-state index is 6.64. The number of aromatic nitrogens is 4. The number of rotatable bonds is 8. The van der Waals surface area contributed by atoms with Gasteiger partial charge in [-0.15, -0.1) is 41.3 Å². The number of pyridine rings is 1. The Morgan fingerprint density at radius 1 is 0.755 bits per heavy atom. The van der Waals surface area contributed by atoms with Crippen LogP contribution >= 0.6 is 0 Å². The van der Waals surface area contributed by atoms with E-state index in [1.807, 2.05) is 18.3 Å². The van der Waals surface area contributed by atoms with E-state index in [4.69, 9.17) is 14.8 Å². The molecule has 0 saturated carbocycles. The van der Waals surface area contributed by atoms with Gasteiger partial charge in [-0.1, -0.05) is 69.1 Å². The van der Waals surface area contributed by atoms with Crippen molar-refractivity contribution in [2.75, 3.05) is 0 Å². The van der Waals surface area contributed by atoms with Crippen LogP contribution in [0.15, 0.2) is 79.0 Å². The number of hydrogen-bond donors (Lipinski definition) is 0. The van der Waals surface area contributed by atoms with Crippen LogP contribution < -0.4 is 4.74 Å². The smallest absolute Gasteiger partial charge is 0.509 e. The third-order valence-corrected chi connectivity index (χ3v) is 9.30. The van der Waals surface area contributed by atoms with E-state index in [0.717, 1.165) is 63.0 Å². The van der Waals surface area contributed by atoms with Gasteiger partial charge in [-0.05, 0) is 98.0 Å². The Hall–Kier alpha value is -4.50. The fourth-order valence-electron chi connectivity index (χ4n) is 7.12. The summed E-state index contributed by atoms with van der Waals surface area (Å²) in [4.78, 5) is 4.73. The summed E-state index contributed by atoms with van der Waals surface area (Å²) in [6, 6.07) is 32.7. The molecule has 6 heteroatoms. The quantitative estimate of drug-likeness (QED) is 0.115. The first kappa shape index (κ1) is 34.4. The zero-order chi connectivity index (χ0) is 33.7. The van der Waals surface area contributed by atoms with Gasteiger partial charge in [-0.25, -0.2) is 4.98 Å². The largest absolute Gasteiger partial charge is 2.00 e. The van der Waals surface area contributed by atoms with Crippen LogP contribution in [-0.2, 0) is 33.3 Å². The van der Waals surface area contributed by atoms with Gasteiger partial charge in [0.15, 0.2) is 0 Å². The number of nitrogens with zero attached hydrogens (tertiary/aromatic N) is 4. The van der Waals surface area contributed by atoms with Crippen LogP contribution in [0.3, 0.4) is 0 Å². The summed E-state index contributed by atoms with van der Waals surface area (Å²) < 4.78 is 10.9. The van der Waals surface area contributed by atoms with Crippen molar-refractivity contribution in [3.8, 4) is 34.1 Å². The Morgan fingerprint density at radius 3 is 2.20 bits per heavy atom. The van der Waals surface area contributed by atoms with Crippen LogP contribution in [0.4, 0.5) is 0 Å². The molecule has 0 atom stereocenters. The van der Waals surface area contributed by atoms with E-state index in [1.54, 1.807) is 0 Å². The molecule has 3 heterocycles. The van der Waals surface area contributed by atoms with E-state index < -0.39 is 0 Å². The van der Waals surface area contributed by atoms with Gasteiger partial charge < -0.3 is 9.30 Å². The van der Waals surface area contributed by atoms with E-state index >= 15 is 0 Å². The Bertz CT molecular complexity index is 2300. The molecule has 0 radical (unpaired) electrons. The van der Waals surface area contributed by atoms with Gasteiger partial charge in [0.1, 0.15) is 5.82 Å². The van der Waals surface area contributed by atoms with Gasteiger partial charge in [0.05, 0.1) is 5.69 Å². The molecular formula is C43H42N4OPd. The molecule has 4 aromatic carbocycles. The zero-order valence-electron chi connectivity index (χ0n) is 29.5. The molecule has 0 bridgehead atoms. The van der Waals surface area contributed by atoms with Crippen LogP contribution in [0.2, 0.25) is 0 Å². The summed E-state index contributed by atoms with van der Waals surface area (Å²) in [6.07, 6.45) is 3.54. The number of benzene rings is 4. The molecule has 0 unspecified atom stereocenters. The minimum Gasteiger partial charge on any atom is -0.509 e. The van der Waals surface area contributed by atoms with Gasteiger partial charge in [0, 0.05) is 34.5 Å². The third kappa shape index (κ3) is 6.25. The average Bonchev–Trinajstić information content (AvgIpc) is 3.59. The summed E-state index contributed by atoms with van der Waals surface area (Å²) in [5.41, 5.74) is 13.9. The second-order valence-corrected chi connectivity index (χ2v) is 13.2. The molecule has 0 N–H and O–H groups in total. The molecule has 7 aromatic rings. The van der Waals surface area contributed by atoms with Gasteiger partial charge in [0.2, 0.25) is 0 Å². The molecular weight excluding hydrogens is 695 g/mol. The van der Waals surface area contributed by atoms with Crippen LogP contribution in [0.25, 0.3) is 44.4 Å². The molecule has 5 nitrogen and oxygen atoms in total. The molecule has 0 fully saturated rings. The maximum atomic E-state index is 6.64. The molecule has 3 aromatic heterocycles. The number of aryl methyl sites for hydroxylation is 5. The molecule has 7 rings (SSSR count). The maximum Gasteiger partial charge on any atom is 2.00 e. The van der Waals surface area contributed by atoms with Crippen LogP contribution in [0.1, 0.15) is 72.8 Å². The summed E-state index contributed by atoms with van der Waals surface area (Å²) in [5, 5.41) is 7.49. The Morgan fingerprint density at radius 2 is 1.51 bits per heavy atom. The molecule has 0 saturated heterocycles. The molecule has 0 aliphatic rings. The number of ether oxygens (including phenoxy) is 1. The summed E-state index contributed by atoms with van der Waals surface area (Å²) in [7, 11) is 0. The molecule has 0 aliphatic carbocycles. The average molecular weight is 737 g/mol. The van der Waals surface area contributed by atoms with Gasteiger partial charge >= 0.3 is 20.4 Å². The van der Waals surface area contributed by atoms with E-state index in [-0.39, 0.29) is 26.3 Å². The van der Waals surface area contributed by atoms with Crippen molar-refractivity contribution < 1.29 is 25.2 Å². The molecule has 0 amide bonds. The van der Waals surface area contributed by atoms with Crippen molar-refractivity contribution in [2.24, 2.45) is 0 Å². The van der Waals surface area contributed by atoms with Crippen LogP contribution in [-0.4, -0.2) is 19.3 Å². The minimum atomic E-state index is 0. The normalized spacial score (nSPS) is 11.4. The summed E-state index contributed by atoms with van der Waals surface area (Å²) >= 11 is 0. The number of hydrogen-bond acceptors (Lipinski definition) is 3. The second kappa shape index (κ2) is 13.8. The zero-order valence-corrected chi connectivity index (χ0v) is 31.1. The number of para-hydroxylation sites is 1. The van der Waals surface area contributed by atoms with Crippen molar-refractivity contribution >= 4 is 21.8 Å². The molecule has 0 aliphatic heterocycles. The number of fused-ring (bicyclic) bond motifs is 3. The van der Waals surface area contributed by atoms with E-state index in [2.05, 4.69) is 137 Å². The Labute approximate surface area is 303 Å². The second-order valence-electron chi connectivity index (χ2n) is 13.2. The van der Waals surface area contributed by atoms with E-state index in [0.29, 0.717) is 11.5 Å². The predicted molar refractivity (Wildman–Crippen MR) is 197 cm³/mol. The van der Waals surface area contributed by atoms with Crippen molar-refractivity contribution in [3.63, 3.8) is 0 Å². The first-order chi connectivity index (χ1) is 23.2. The van der Waals surface area contributed by atoms with Crippen molar-refractivity contribution in [3.05, 3.63) is 130 Å². The SMILES string of the molecule is CCc1nn(-c2[c-]c(Oc3[c-]c4c(cc3)c3ccccc3n4-c3cc(C)ccn3)cc(C(C)C)c2)c(CC)c1-c1c(C)cc(C)cc1C.[Pd+2]. The fraction of sp³-hybridized carbons (Fsp3) is 0.256. The van der Waals surface area contributed by atoms with Crippen molar-refractivity contribution in [2.45, 2.75) is 74.1 Å². The molecule has 250 valence electrons. The Balaban J connectivity index is 0.00000417. The molecule has 0 spiro atoms. The topological polar surface area (TPSA) is 44.9 Å². The third-order valence-electron chi connectivity index (χ3n) is 9.30. The van der Waals surface area contributed by atoms with Crippen LogP contribution in [0, 0.1) is 39.8 Å². The predicted octanol–water partition coefficient (Wildman–Crippen LogP) is 10.9. The van der Waals surface area contributed by atoms with E-state index in [9.17, 15) is 0 Å². The van der Waals surface area contributed by atoms with Gasteiger partial charge in [-0.2, -0.15) is 11.2 Å². The first-order valence-corrected chi connectivity index (χ1v) is 17.0. The van der Waals surface area contributed by atoms with E-state index in [1.165, 1.54) is 33.5 Å².